The predicted octanol–water partition coefficient (Wildman–Crippen LogP) is 17.5. The van der Waals surface area contributed by atoms with E-state index in [4.69, 9.17) is 37.0 Å². The zero-order valence-electron chi connectivity index (χ0n) is 52.5. The van der Waals surface area contributed by atoms with E-state index in [9.17, 15) is 43.2 Å². The van der Waals surface area contributed by atoms with Gasteiger partial charge in [0.05, 0.1) is 26.4 Å². The van der Waals surface area contributed by atoms with Crippen LogP contribution in [0.4, 0.5) is 0 Å². The lowest BCUT2D eigenvalue weighted by molar-refractivity contribution is -0.161. The summed E-state index contributed by atoms with van der Waals surface area (Å²) in [6.45, 7) is 4.85. The monoisotopic (exact) mass is 1210 g/mol. The van der Waals surface area contributed by atoms with Crippen LogP contribution < -0.4 is 0 Å². The van der Waals surface area contributed by atoms with Crippen molar-refractivity contribution in [2.24, 2.45) is 0 Å². The van der Waals surface area contributed by atoms with Crippen LogP contribution >= 0.6 is 15.6 Å². The third-order valence-corrected chi connectivity index (χ3v) is 16.5. The summed E-state index contributed by atoms with van der Waals surface area (Å²) in [5, 5.41) is 10.5. The molecule has 5 atom stereocenters. The first kappa shape index (κ1) is 80.1. The van der Waals surface area contributed by atoms with Gasteiger partial charge in [-0.1, -0.05) is 272 Å². The second-order valence-electron chi connectivity index (χ2n) is 22.8. The first-order chi connectivity index (χ1) is 39.7. The van der Waals surface area contributed by atoms with Crippen molar-refractivity contribution >= 4 is 39.5 Å². The normalized spacial score (nSPS) is 14.2. The summed E-state index contributed by atoms with van der Waals surface area (Å²) in [7, 11) is -9.88. The van der Waals surface area contributed by atoms with Crippen LogP contribution in [0.15, 0.2) is 0 Å². The molecule has 0 aliphatic carbocycles. The fraction of sp³-hybridized carbons (Fsp3) is 0.937. The van der Waals surface area contributed by atoms with Crippen LogP contribution in [0.3, 0.4) is 0 Å². The number of unbranched alkanes of at least 4 members (excludes halogenated alkanes) is 38. The number of carbonyl (C=O) groups is 4. The van der Waals surface area contributed by atoms with E-state index in [1.54, 1.807) is 0 Å². The van der Waals surface area contributed by atoms with E-state index >= 15 is 0 Å². The molecule has 0 heterocycles. The molecule has 0 amide bonds. The summed E-state index contributed by atoms with van der Waals surface area (Å²) in [5.74, 6) is -2.13. The van der Waals surface area contributed by atoms with E-state index in [0.29, 0.717) is 25.7 Å². The highest BCUT2D eigenvalue weighted by Gasteiger charge is 2.30. The van der Waals surface area contributed by atoms with Crippen molar-refractivity contribution in [1.29, 1.82) is 0 Å². The molecule has 0 saturated carbocycles. The zero-order valence-corrected chi connectivity index (χ0v) is 54.2. The highest BCUT2D eigenvalue weighted by molar-refractivity contribution is 7.47. The van der Waals surface area contributed by atoms with Gasteiger partial charge in [-0.25, -0.2) is 9.13 Å². The van der Waals surface area contributed by atoms with E-state index in [1.165, 1.54) is 154 Å². The number of aliphatic hydroxyl groups excluding tert-OH is 1. The van der Waals surface area contributed by atoms with Gasteiger partial charge in [-0.3, -0.25) is 37.3 Å². The molecule has 0 aromatic rings. The lowest BCUT2D eigenvalue weighted by Crippen LogP contribution is -2.30. The van der Waals surface area contributed by atoms with Gasteiger partial charge in [0.25, 0.3) is 0 Å². The summed E-state index contributed by atoms with van der Waals surface area (Å²) in [4.78, 5) is 72.1. The van der Waals surface area contributed by atoms with Crippen LogP contribution in [0.5, 0.6) is 0 Å². The fourth-order valence-corrected chi connectivity index (χ4v) is 11.0. The number of ether oxygens (including phenoxy) is 4. The minimum absolute atomic E-state index is 0.106. The summed E-state index contributed by atoms with van der Waals surface area (Å²) in [6.07, 6.45) is 43.0. The lowest BCUT2D eigenvalue weighted by atomic mass is 10.0. The smallest absolute Gasteiger partial charge is 0.462 e. The maximum Gasteiger partial charge on any atom is 0.472 e. The molecule has 486 valence electrons. The Morgan fingerprint density at radius 1 is 0.293 bits per heavy atom. The molecular formula is C63H122O17P2. The highest BCUT2D eigenvalue weighted by atomic mass is 31.2. The summed E-state index contributed by atoms with van der Waals surface area (Å²) in [5.41, 5.74) is 0. The Labute approximate surface area is 498 Å². The average molecular weight is 1210 g/mol. The number of rotatable bonds is 64. The molecule has 17 nitrogen and oxygen atoms in total. The molecule has 0 aromatic heterocycles. The maximum absolute atomic E-state index is 13.0. The van der Waals surface area contributed by atoms with Crippen molar-refractivity contribution in [3.8, 4) is 0 Å². The van der Waals surface area contributed by atoms with E-state index < -0.39 is 97.5 Å². The summed E-state index contributed by atoms with van der Waals surface area (Å²) in [6, 6.07) is 0. The van der Waals surface area contributed by atoms with Crippen LogP contribution in [0.1, 0.15) is 323 Å². The SMILES string of the molecule is CCCCCCCCCCCCCCCCC(=O)O[C@H](COC(=O)CCCCCCCCCCCC)COP(=O)(O)OC[C@@H](O)COP(=O)(O)OC[C@@H](COC(=O)CCCCCCCCCCC)OC(=O)CCCCCCCCCCC. The van der Waals surface area contributed by atoms with Gasteiger partial charge >= 0.3 is 39.5 Å². The molecule has 0 rings (SSSR count). The van der Waals surface area contributed by atoms with Crippen molar-refractivity contribution in [2.45, 2.75) is 341 Å². The van der Waals surface area contributed by atoms with Crippen LogP contribution in [0.2, 0.25) is 0 Å². The van der Waals surface area contributed by atoms with Crippen molar-refractivity contribution in [3.63, 3.8) is 0 Å². The van der Waals surface area contributed by atoms with Gasteiger partial charge in [0, 0.05) is 25.7 Å². The predicted molar refractivity (Wildman–Crippen MR) is 326 cm³/mol. The number of hydrogen-bond donors (Lipinski definition) is 3. The van der Waals surface area contributed by atoms with Gasteiger partial charge in [0.1, 0.15) is 19.3 Å². The van der Waals surface area contributed by atoms with Gasteiger partial charge in [0.15, 0.2) is 12.2 Å². The van der Waals surface area contributed by atoms with Crippen LogP contribution in [0, 0.1) is 0 Å². The number of phosphoric ester groups is 2. The second kappa shape index (κ2) is 58.1. The Bertz CT molecular complexity index is 1590. The fourth-order valence-electron chi connectivity index (χ4n) is 9.46. The molecule has 2 unspecified atom stereocenters. The van der Waals surface area contributed by atoms with Gasteiger partial charge in [-0.2, -0.15) is 0 Å². The van der Waals surface area contributed by atoms with Gasteiger partial charge < -0.3 is 33.8 Å². The third-order valence-electron chi connectivity index (χ3n) is 14.6. The number of phosphoric acid groups is 2. The molecule has 0 bridgehead atoms. The number of esters is 4. The molecule has 0 aromatic carbocycles. The minimum atomic E-state index is -4.94. The summed E-state index contributed by atoms with van der Waals surface area (Å²) < 4.78 is 67.9. The van der Waals surface area contributed by atoms with E-state index in [2.05, 4.69) is 27.7 Å². The van der Waals surface area contributed by atoms with Crippen molar-refractivity contribution < 1.29 is 80.2 Å². The maximum atomic E-state index is 13.0. The van der Waals surface area contributed by atoms with Crippen molar-refractivity contribution in [2.75, 3.05) is 39.6 Å². The van der Waals surface area contributed by atoms with E-state index in [1.807, 2.05) is 0 Å². The Morgan fingerprint density at radius 2 is 0.488 bits per heavy atom. The van der Waals surface area contributed by atoms with Gasteiger partial charge in [0.2, 0.25) is 0 Å². The number of hydrogen-bond acceptors (Lipinski definition) is 15. The molecule has 0 spiro atoms. The molecule has 0 radical (unpaired) electrons. The minimum Gasteiger partial charge on any atom is -0.462 e. The lowest BCUT2D eigenvalue weighted by Gasteiger charge is -2.21. The Hall–Kier alpha value is -1.94. The largest absolute Gasteiger partial charge is 0.472 e. The Morgan fingerprint density at radius 3 is 0.720 bits per heavy atom. The molecule has 0 aliphatic heterocycles. The highest BCUT2D eigenvalue weighted by Crippen LogP contribution is 2.45. The molecule has 0 saturated heterocycles. The second-order valence-corrected chi connectivity index (χ2v) is 25.7. The Kier molecular flexibility index (Phi) is 56.7. The summed E-state index contributed by atoms with van der Waals surface area (Å²) >= 11 is 0. The molecule has 0 aliphatic rings. The molecular weight excluding hydrogens is 1090 g/mol. The molecule has 19 heteroatoms. The molecule has 82 heavy (non-hydrogen) atoms. The van der Waals surface area contributed by atoms with Crippen LogP contribution in [0.25, 0.3) is 0 Å². The topological polar surface area (TPSA) is 237 Å². The van der Waals surface area contributed by atoms with Gasteiger partial charge in [-0.05, 0) is 25.7 Å². The number of aliphatic hydroxyl groups is 1. The van der Waals surface area contributed by atoms with E-state index in [0.717, 1.165) is 89.9 Å². The van der Waals surface area contributed by atoms with E-state index in [-0.39, 0.29) is 25.7 Å². The Balaban J connectivity index is 5.21. The van der Waals surface area contributed by atoms with Crippen molar-refractivity contribution in [1.82, 2.24) is 0 Å². The molecule has 3 N–H and O–H groups in total. The zero-order chi connectivity index (χ0) is 60.5. The van der Waals surface area contributed by atoms with Crippen LogP contribution in [-0.2, 0) is 65.4 Å². The van der Waals surface area contributed by atoms with Crippen LogP contribution in [-0.4, -0.2) is 96.7 Å². The van der Waals surface area contributed by atoms with Gasteiger partial charge in [-0.15, -0.1) is 0 Å². The average Bonchev–Trinajstić information content (AvgIpc) is 3.45. The third kappa shape index (κ3) is 57.2. The molecule has 0 fully saturated rings. The first-order valence-electron chi connectivity index (χ1n) is 33.3. The quantitative estimate of drug-likeness (QED) is 0.0222. The standard InChI is InChI=1S/C63H122O17P2/c1-5-9-13-17-21-25-27-28-29-30-34-38-42-46-50-63(68)80-59(54-74-61(66)48-44-40-36-33-26-22-18-14-10-6-2)56-78-82(71,72)76-52-57(64)51-75-81(69,70)77-55-58(79-62(67)49-45-41-37-32-24-20-16-12-8-4)53-73-60(65)47-43-39-35-31-23-19-15-11-7-3/h57-59,64H,5-56H2,1-4H3,(H,69,70)(H,71,72)/t57-,58+,59+/m0/s1. The first-order valence-corrected chi connectivity index (χ1v) is 36.3. The van der Waals surface area contributed by atoms with Crippen molar-refractivity contribution in [3.05, 3.63) is 0 Å². The number of carbonyl (C=O) groups excluding carboxylic acids is 4.